The van der Waals surface area contributed by atoms with E-state index in [0.717, 1.165) is 41.7 Å². The normalized spacial score (nSPS) is 24.5. The molecular weight excluding hydrogens is 406 g/mol. The summed E-state index contributed by atoms with van der Waals surface area (Å²) < 4.78 is 0. The van der Waals surface area contributed by atoms with Crippen molar-refractivity contribution in [3.8, 4) is 0 Å². The van der Waals surface area contributed by atoms with Gasteiger partial charge in [0.15, 0.2) is 5.84 Å². The van der Waals surface area contributed by atoms with Crippen LogP contribution in [0.15, 0.2) is 69.0 Å². The number of nitrogens with zero attached hydrogens (tertiary/aromatic N) is 4. The highest BCUT2D eigenvalue weighted by Crippen LogP contribution is 2.35. The smallest absolute Gasteiger partial charge is 0.153 e. The first-order chi connectivity index (χ1) is 16.2. The minimum atomic E-state index is 0.111. The first kappa shape index (κ1) is 24.8. The largest absolute Gasteiger partial charge is 0.339 e. The van der Waals surface area contributed by atoms with Gasteiger partial charge in [-0.3, -0.25) is 15.0 Å². The molecule has 0 radical (unpaired) electrons. The molecule has 1 fully saturated rings. The molecule has 4 rings (SSSR count). The Morgan fingerprint density at radius 2 is 1.97 bits per heavy atom. The van der Waals surface area contributed by atoms with Crippen LogP contribution in [-0.4, -0.2) is 29.3 Å². The van der Waals surface area contributed by atoms with Crippen LogP contribution in [0.3, 0.4) is 0 Å². The van der Waals surface area contributed by atoms with Crippen LogP contribution in [0.25, 0.3) is 0 Å². The fourth-order valence-electron chi connectivity index (χ4n) is 4.52. The van der Waals surface area contributed by atoms with Crippen molar-refractivity contribution in [3.63, 3.8) is 0 Å². The molecule has 5 heteroatoms. The van der Waals surface area contributed by atoms with Gasteiger partial charge in [0, 0.05) is 48.7 Å². The summed E-state index contributed by atoms with van der Waals surface area (Å²) in [5.74, 6) is 2.33. The lowest BCUT2D eigenvalue weighted by Gasteiger charge is -2.26. The fraction of sp³-hybridized carbons (Fsp3) is 0.500. The SMILES string of the molecule is C/C=C(\C=NCCC)C1=CN=C2C(Nc3ccnc(C4CCC(C)CC4)c3)=NC=CC12.CC. The molecule has 33 heavy (non-hydrogen) atoms. The van der Waals surface area contributed by atoms with Gasteiger partial charge in [0.1, 0.15) is 0 Å². The Balaban J connectivity index is 0.00000149. The molecule has 1 atom stereocenters. The summed E-state index contributed by atoms with van der Waals surface area (Å²) in [5.41, 5.74) is 5.49. The Bertz CT molecular complexity index is 972. The molecule has 1 N–H and O–H groups in total. The van der Waals surface area contributed by atoms with Crippen LogP contribution in [0.5, 0.6) is 0 Å². The predicted octanol–water partition coefficient (Wildman–Crippen LogP) is 7.12. The van der Waals surface area contributed by atoms with E-state index < -0.39 is 0 Å². The van der Waals surface area contributed by atoms with Gasteiger partial charge in [-0.25, -0.2) is 4.99 Å². The molecule has 1 aliphatic carbocycles. The summed E-state index contributed by atoms with van der Waals surface area (Å²) in [5, 5.41) is 3.51. The molecule has 1 saturated carbocycles. The van der Waals surface area contributed by atoms with Crippen molar-refractivity contribution >= 4 is 23.4 Å². The summed E-state index contributed by atoms with van der Waals surface area (Å²) in [6.07, 6.45) is 18.0. The highest BCUT2D eigenvalue weighted by Gasteiger charge is 2.30. The number of hydrogen-bond donors (Lipinski definition) is 1. The fourth-order valence-corrected chi connectivity index (χ4v) is 4.52. The van der Waals surface area contributed by atoms with Crippen molar-refractivity contribution in [3.05, 3.63) is 59.7 Å². The van der Waals surface area contributed by atoms with E-state index in [0.29, 0.717) is 5.92 Å². The van der Waals surface area contributed by atoms with Gasteiger partial charge in [-0.15, -0.1) is 0 Å². The van der Waals surface area contributed by atoms with Gasteiger partial charge < -0.3 is 5.32 Å². The second-order valence-corrected chi connectivity index (χ2v) is 8.73. The van der Waals surface area contributed by atoms with Crippen LogP contribution in [-0.2, 0) is 0 Å². The van der Waals surface area contributed by atoms with Gasteiger partial charge in [0.25, 0.3) is 0 Å². The molecule has 0 bridgehead atoms. The maximum atomic E-state index is 4.73. The van der Waals surface area contributed by atoms with Crippen molar-refractivity contribution in [1.29, 1.82) is 0 Å². The van der Waals surface area contributed by atoms with E-state index in [1.807, 2.05) is 44.7 Å². The molecule has 1 unspecified atom stereocenters. The third kappa shape index (κ3) is 6.16. The number of nitrogens with one attached hydrogen (secondary N) is 1. The monoisotopic (exact) mass is 445 g/mol. The highest BCUT2D eigenvalue weighted by molar-refractivity contribution is 6.48. The second-order valence-electron chi connectivity index (χ2n) is 8.73. The standard InChI is InChI=1S/C26H33N5.C2H6/c1-4-12-27-16-19(5-2)23-17-30-25-22(23)11-14-29-26(25)31-21-10-13-28-24(15-21)20-8-6-18(3)7-9-20;1-2/h5,10-11,13-18,20,22H,4,6-9,12H2,1-3H3,(H,28,29,31);1-2H3/b19-5+,27-16?;. The number of rotatable bonds is 6. The van der Waals surface area contributed by atoms with Gasteiger partial charge in [-0.05, 0) is 55.4 Å². The molecule has 5 nitrogen and oxygen atoms in total. The third-order valence-corrected chi connectivity index (χ3v) is 6.40. The van der Waals surface area contributed by atoms with Crippen molar-refractivity contribution < 1.29 is 0 Å². The van der Waals surface area contributed by atoms with E-state index in [1.54, 1.807) is 0 Å². The number of amidine groups is 1. The second kappa shape index (κ2) is 12.4. The molecule has 0 saturated heterocycles. The lowest BCUT2D eigenvalue weighted by molar-refractivity contribution is 0.344. The van der Waals surface area contributed by atoms with Gasteiger partial charge in [0.2, 0.25) is 0 Å². The Morgan fingerprint density at radius 3 is 2.70 bits per heavy atom. The summed E-state index contributed by atoms with van der Waals surface area (Å²) >= 11 is 0. The number of aliphatic imine (C=N–C) groups is 3. The molecule has 1 aromatic heterocycles. The average molecular weight is 446 g/mol. The first-order valence-electron chi connectivity index (χ1n) is 12.6. The molecular formula is C28H39N5. The molecule has 0 spiro atoms. The third-order valence-electron chi connectivity index (χ3n) is 6.40. The van der Waals surface area contributed by atoms with E-state index in [2.05, 4.69) is 59.3 Å². The number of hydrogen-bond acceptors (Lipinski definition) is 5. The van der Waals surface area contributed by atoms with Crippen molar-refractivity contribution in [2.24, 2.45) is 26.8 Å². The predicted molar refractivity (Wildman–Crippen MR) is 143 cm³/mol. The van der Waals surface area contributed by atoms with Crippen molar-refractivity contribution in [1.82, 2.24) is 4.98 Å². The van der Waals surface area contributed by atoms with Crippen LogP contribution in [0.2, 0.25) is 0 Å². The van der Waals surface area contributed by atoms with Crippen LogP contribution in [0, 0.1) is 11.8 Å². The number of aromatic nitrogens is 1. The van der Waals surface area contributed by atoms with Crippen LogP contribution < -0.4 is 5.32 Å². The summed E-state index contributed by atoms with van der Waals surface area (Å²) in [6.45, 7) is 11.4. The zero-order valence-electron chi connectivity index (χ0n) is 20.9. The Hall–Kier alpha value is -2.82. The van der Waals surface area contributed by atoms with Gasteiger partial charge in [-0.1, -0.05) is 52.7 Å². The van der Waals surface area contributed by atoms with E-state index in [1.165, 1.54) is 37.0 Å². The number of pyridine rings is 1. The van der Waals surface area contributed by atoms with Crippen LogP contribution >= 0.6 is 0 Å². The summed E-state index contributed by atoms with van der Waals surface area (Å²) in [6, 6.07) is 4.21. The first-order valence-corrected chi connectivity index (χ1v) is 12.6. The van der Waals surface area contributed by atoms with Crippen LogP contribution in [0.1, 0.15) is 78.3 Å². The van der Waals surface area contributed by atoms with Gasteiger partial charge in [0.05, 0.1) is 11.6 Å². The van der Waals surface area contributed by atoms with Crippen LogP contribution in [0.4, 0.5) is 5.69 Å². The van der Waals surface area contributed by atoms with Crippen molar-refractivity contribution in [2.45, 2.75) is 72.6 Å². The molecule has 176 valence electrons. The molecule has 0 aromatic carbocycles. The molecule has 3 heterocycles. The Labute approximate surface area is 199 Å². The average Bonchev–Trinajstić information content (AvgIpc) is 3.29. The Kier molecular flexibility index (Phi) is 9.35. The summed E-state index contributed by atoms with van der Waals surface area (Å²) in [4.78, 5) is 18.5. The molecule has 3 aliphatic rings. The van der Waals surface area contributed by atoms with Gasteiger partial charge in [-0.2, -0.15) is 0 Å². The van der Waals surface area contributed by atoms with E-state index in [4.69, 9.17) is 4.99 Å². The minimum Gasteiger partial charge on any atom is -0.339 e. The van der Waals surface area contributed by atoms with Gasteiger partial charge >= 0.3 is 0 Å². The van der Waals surface area contributed by atoms with Crippen molar-refractivity contribution in [2.75, 3.05) is 11.9 Å². The number of fused-ring (bicyclic) bond motifs is 1. The summed E-state index contributed by atoms with van der Waals surface area (Å²) in [7, 11) is 0. The van der Waals surface area contributed by atoms with E-state index in [-0.39, 0.29) is 5.92 Å². The zero-order valence-corrected chi connectivity index (χ0v) is 20.9. The quantitative estimate of drug-likeness (QED) is 0.474. The highest BCUT2D eigenvalue weighted by atomic mass is 15.0. The lowest BCUT2D eigenvalue weighted by Crippen LogP contribution is -2.30. The van der Waals surface area contributed by atoms with E-state index in [9.17, 15) is 0 Å². The van der Waals surface area contributed by atoms with E-state index >= 15 is 0 Å². The number of anilines is 1. The number of allylic oxidation sites excluding steroid dienone is 4. The molecule has 0 amide bonds. The minimum absolute atomic E-state index is 0.111. The topological polar surface area (TPSA) is 62.0 Å². The Morgan fingerprint density at radius 1 is 1.18 bits per heavy atom. The molecule has 1 aromatic rings. The maximum absolute atomic E-state index is 4.73. The maximum Gasteiger partial charge on any atom is 0.153 e. The molecule has 2 aliphatic heterocycles. The zero-order chi connectivity index (χ0) is 23.6. The lowest BCUT2D eigenvalue weighted by atomic mass is 9.81.